The summed E-state index contributed by atoms with van der Waals surface area (Å²) in [6.45, 7) is 1.35. The number of nitrogen functional groups attached to an aromatic ring is 1. The number of methoxy groups -OCH3 is 1. The summed E-state index contributed by atoms with van der Waals surface area (Å²) in [5.74, 6) is 1.12. The first kappa shape index (κ1) is 13.2. The Morgan fingerprint density at radius 1 is 1.40 bits per heavy atom. The van der Waals surface area contributed by atoms with Crippen LogP contribution in [0.5, 0.6) is 5.75 Å². The third-order valence-electron chi connectivity index (χ3n) is 4.62. The molecule has 1 aliphatic heterocycles. The molecule has 3 atom stereocenters. The molecule has 3 rings (SSSR count). The summed E-state index contributed by atoms with van der Waals surface area (Å²) in [5, 5.41) is 9.92. The number of aliphatic hydroxyl groups is 1. The Bertz CT molecular complexity index is 532. The van der Waals surface area contributed by atoms with Crippen molar-refractivity contribution in [1.82, 2.24) is 4.90 Å². The molecule has 0 aromatic heterocycles. The van der Waals surface area contributed by atoms with Gasteiger partial charge in [-0.1, -0.05) is 6.07 Å². The van der Waals surface area contributed by atoms with E-state index >= 15 is 0 Å². The topological polar surface area (TPSA) is 75.8 Å². The molecule has 2 fully saturated rings. The van der Waals surface area contributed by atoms with E-state index in [0.29, 0.717) is 29.5 Å². The molecular formula is C15H20N2O3. The zero-order valence-corrected chi connectivity index (χ0v) is 11.6. The Kier molecular flexibility index (Phi) is 3.30. The highest BCUT2D eigenvalue weighted by Crippen LogP contribution is 2.39. The van der Waals surface area contributed by atoms with Crippen LogP contribution in [0.4, 0.5) is 5.69 Å². The van der Waals surface area contributed by atoms with Crippen LogP contribution in [-0.2, 0) is 0 Å². The van der Waals surface area contributed by atoms with Gasteiger partial charge >= 0.3 is 0 Å². The zero-order chi connectivity index (χ0) is 14.3. The van der Waals surface area contributed by atoms with Crippen LogP contribution < -0.4 is 10.5 Å². The number of rotatable bonds is 2. The molecule has 5 nitrogen and oxygen atoms in total. The Labute approximate surface area is 118 Å². The average Bonchev–Trinajstić information content (AvgIpc) is 3.01. The minimum Gasteiger partial charge on any atom is -0.495 e. The second kappa shape index (κ2) is 4.98. The fourth-order valence-corrected chi connectivity index (χ4v) is 3.48. The van der Waals surface area contributed by atoms with Gasteiger partial charge in [0.25, 0.3) is 5.91 Å². The second-order valence-corrected chi connectivity index (χ2v) is 5.70. The van der Waals surface area contributed by atoms with Gasteiger partial charge < -0.3 is 20.5 Å². The van der Waals surface area contributed by atoms with Gasteiger partial charge in [-0.25, -0.2) is 0 Å². The molecule has 1 saturated heterocycles. The van der Waals surface area contributed by atoms with E-state index in [4.69, 9.17) is 10.5 Å². The number of aliphatic hydroxyl groups excluding tert-OH is 1. The lowest BCUT2D eigenvalue weighted by molar-refractivity contribution is 0.0753. The second-order valence-electron chi connectivity index (χ2n) is 5.70. The summed E-state index contributed by atoms with van der Waals surface area (Å²) < 4.78 is 5.15. The van der Waals surface area contributed by atoms with Crippen molar-refractivity contribution in [3.05, 3.63) is 23.8 Å². The molecule has 2 aliphatic rings. The monoisotopic (exact) mass is 276 g/mol. The number of hydrogen-bond donors (Lipinski definition) is 2. The number of anilines is 1. The standard InChI is InChI=1S/C15H20N2O3/c1-20-13-4-2-3-10(14(13)16)15(19)17-7-9-5-6-12(18)11(9)8-17/h2-4,9,11-12,18H,5-8,16H2,1H3. The Morgan fingerprint density at radius 3 is 2.90 bits per heavy atom. The normalized spacial score (nSPS) is 28.5. The highest BCUT2D eigenvalue weighted by atomic mass is 16.5. The summed E-state index contributed by atoms with van der Waals surface area (Å²) in [6.07, 6.45) is 1.60. The van der Waals surface area contributed by atoms with Crippen molar-refractivity contribution in [2.45, 2.75) is 18.9 Å². The maximum Gasteiger partial charge on any atom is 0.256 e. The van der Waals surface area contributed by atoms with Crippen molar-refractivity contribution in [2.75, 3.05) is 25.9 Å². The van der Waals surface area contributed by atoms with Crippen LogP contribution in [0.3, 0.4) is 0 Å². The number of carbonyl (C=O) groups excluding carboxylic acids is 1. The highest BCUT2D eigenvalue weighted by Gasteiger charge is 2.43. The van der Waals surface area contributed by atoms with Crippen molar-refractivity contribution in [2.24, 2.45) is 11.8 Å². The first-order chi connectivity index (χ1) is 9.61. The van der Waals surface area contributed by atoms with Crippen molar-refractivity contribution in [3.63, 3.8) is 0 Å². The molecule has 5 heteroatoms. The fraction of sp³-hybridized carbons (Fsp3) is 0.533. The van der Waals surface area contributed by atoms with Gasteiger partial charge in [-0.2, -0.15) is 0 Å². The van der Waals surface area contributed by atoms with Crippen molar-refractivity contribution >= 4 is 11.6 Å². The number of ether oxygens (including phenoxy) is 1. The van der Waals surface area contributed by atoms with Crippen LogP contribution in [-0.4, -0.2) is 42.2 Å². The summed E-state index contributed by atoms with van der Waals surface area (Å²) in [6, 6.07) is 5.24. The maximum absolute atomic E-state index is 12.6. The third kappa shape index (κ3) is 2.02. The van der Waals surface area contributed by atoms with E-state index in [1.807, 2.05) is 4.90 Å². The van der Waals surface area contributed by atoms with Gasteiger partial charge in [0.05, 0.1) is 24.5 Å². The van der Waals surface area contributed by atoms with Crippen molar-refractivity contribution in [3.8, 4) is 5.75 Å². The van der Waals surface area contributed by atoms with Crippen molar-refractivity contribution < 1.29 is 14.6 Å². The van der Waals surface area contributed by atoms with Gasteiger partial charge in [-0.15, -0.1) is 0 Å². The van der Waals surface area contributed by atoms with E-state index in [1.54, 1.807) is 18.2 Å². The molecule has 1 amide bonds. The highest BCUT2D eigenvalue weighted by molar-refractivity contribution is 6.00. The van der Waals surface area contributed by atoms with Crippen LogP contribution >= 0.6 is 0 Å². The predicted molar refractivity (Wildman–Crippen MR) is 75.5 cm³/mol. The Balaban J connectivity index is 1.81. The maximum atomic E-state index is 12.6. The average molecular weight is 276 g/mol. The number of fused-ring (bicyclic) bond motifs is 1. The minimum absolute atomic E-state index is 0.0667. The molecule has 0 radical (unpaired) electrons. The molecule has 1 heterocycles. The summed E-state index contributed by atoms with van der Waals surface area (Å²) in [7, 11) is 1.54. The molecule has 1 aliphatic carbocycles. The van der Waals surface area contributed by atoms with Crippen LogP contribution in [0.1, 0.15) is 23.2 Å². The summed E-state index contributed by atoms with van der Waals surface area (Å²) in [5.41, 5.74) is 6.86. The van der Waals surface area contributed by atoms with E-state index in [-0.39, 0.29) is 17.9 Å². The van der Waals surface area contributed by atoms with Gasteiger partial charge in [0, 0.05) is 19.0 Å². The fourth-order valence-electron chi connectivity index (χ4n) is 3.48. The van der Waals surface area contributed by atoms with Crippen LogP contribution in [0.15, 0.2) is 18.2 Å². The lowest BCUT2D eigenvalue weighted by Crippen LogP contribution is -2.31. The molecule has 3 unspecified atom stereocenters. The molecule has 0 bridgehead atoms. The smallest absolute Gasteiger partial charge is 0.256 e. The molecular weight excluding hydrogens is 256 g/mol. The number of hydrogen-bond acceptors (Lipinski definition) is 4. The van der Waals surface area contributed by atoms with Crippen LogP contribution in [0.25, 0.3) is 0 Å². The molecule has 0 spiro atoms. The lowest BCUT2D eigenvalue weighted by Gasteiger charge is -2.20. The quantitative estimate of drug-likeness (QED) is 0.794. The summed E-state index contributed by atoms with van der Waals surface area (Å²) >= 11 is 0. The van der Waals surface area contributed by atoms with Gasteiger partial charge in [-0.3, -0.25) is 4.79 Å². The lowest BCUT2D eigenvalue weighted by atomic mass is 10.00. The number of carbonyl (C=O) groups is 1. The van der Waals surface area contributed by atoms with E-state index < -0.39 is 0 Å². The van der Waals surface area contributed by atoms with Gasteiger partial charge in [0.2, 0.25) is 0 Å². The van der Waals surface area contributed by atoms with Gasteiger partial charge in [0.15, 0.2) is 0 Å². The SMILES string of the molecule is COc1cccc(C(=O)N2CC3CCC(O)C3C2)c1N. The number of benzene rings is 1. The van der Waals surface area contributed by atoms with E-state index in [9.17, 15) is 9.90 Å². The van der Waals surface area contributed by atoms with Crippen LogP contribution in [0.2, 0.25) is 0 Å². The summed E-state index contributed by atoms with van der Waals surface area (Å²) in [4.78, 5) is 14.4. The molecule has 3 N–H and O–H groups in total. The first-order valence-corrected chi connectivity index (χ1v) is 7.01. The molecule has 1 saturated carbocycles. The number of amides is 1. The molecule has 20 heavy (non-hydrogen) atoms. The van der Waals surface area contributed by atoms with Gasteiger partial charge in [-0.05, 0) is 30.9 Å². The third-order valence-corrected chi connectivity index (χ3v) is 4.62. The predicted octanol–water partition coefficient (Wildman–Crippen LogP) is 1.12. The Hall–Kier alpha value is -1.75. The van der Waals surface area contributed by atoms with Crippen molar-refractivity contribution in [1.29, 1.82) is 0 Å². The van der Waals surface area contributed by atoms with Crippen LogP contribution in [0, 0.1) is 11.8 Å². The number of nitrogens with two attached hydrogens (primary N) is 1. The number of nitrogens with zero attached hydrogens (tertiary/aromatic N) is 1. The van der Waals surface area contributed by atoms with E-state index in [2.05, 4.69) is 0 Å². The largest absolute Gasteiger partial charge is 0.495 e. The number of likely N-dealkylation sites (tertiary alicyclic amines) is 1. The molecule has 1 aromatic carbocycles. The Morgan fingerprint density at radius 2 is 2.20 bits per heavy atom. The van der Waals surface area contributed by atoms with E-state index in [1.165, 1.54) is 7.11 Å². The molecule has 1 aromatic rings. The zero-order valence-electron chi connectivity index (χ0n) is 11.6. The van der Waals surface area contributed by atoms with Gasteiger partial charge in [0.1, 0.15) is 5.75 Å². The molecule has 108 valence electrons. The van der Waals surface area contributed by atoms with E-state index in [0.717, 1.165) is 19.4 Å². The number of para-hydroxylation sites is 1. The first-order valence-electron chi connectivity index (χ1n) is 7.01. The minimum atomic E-state index is -0.263.